The maximum Gasteiger partial charge on any atom is 0.259 e. The SMILES string of the molecule is O=C1c2cccc3c(N4CCCN(CCc5ccccc5)CC4)ccc(c23)N1CC1CCCCC1. The molecular weight excluding hydrogens is 430 g/mol. The summed E-state index contributed by atoms with van der Waals surface area (Å²) in [5.74, 6) is 0.848. The zero-order valence-corrected chi connectivity index (χ0v) is 20.8. The van der Waals surface area contributed by atoms with Crippen molar-refractivity contribution >= 4 is 28.1 Å². The number of nitrogens with zero attached hydrogens (tertiary/aromatic N) is 3. The Labute approximate surface area is 209 Å². The number of amides is 1. The van der Waals surface area contributed by atoms with E-state index in [1.54, 1.807) is 0 Å². The normalized spacial score (nSPS) is 19.5. The van der Waals surface area contributed by atoms with Crippen LogP contribution in [0.5, 0.6) is 0 Å². The van der Waals surface area contributed by atoms with Crippen molar-refractivity contribution in [3.63, 3.8) is 0 Å². The van der Waals surface area contributed by atoms with Gasteiger partial charge in [-0.25, -0.2) is 0 Å². The molecule has 3 aromatic rings. The first-order chi connectivity index (χ1) is 17.3. The fourth-order valence-electron chi connectivity index (χ4n) is 6.48. The van der Waals surface area contributed by atoms with Gasteiger partial charge in [0.15, 0.2) is 0 Å². The first kappa shape index (κ1) is 22.6. The van der Waals surface area contributed by atoms with Gasteiger partial charge in [0.25, 0.3) is 5.91 Å². The predicted octanol–water partition coefficient (Wildman–Crippen LogP) is 6.14. The van der Waals surface area contributed by atoms with Crippen molar-refractivity contribution in [1.29, 1.82) is 0 Å². The lowest BCUT2D eigenvalue weighted by Crippen LogP contribution is -2.33. The van der Waals surface area contributed by atoms with E-state index in [-0.39, 0.29) is 5.91 Å². The van der Waals surface area contributed by atoms with Gasteiger partial charge >= 0.3 is 0 Å². The zero-order valence-electron chi connectivity index (χ0n) is 20.8. The largest absolute Gasteiger partial charge is 0.370 e. The van der Waals surface area contributed by atoms with E-state index in [0.29, 0.717) is 5.92 Å². The number of hydrogen-bond donors (Lipinski definition) is 0. The van der Waals surface area contributed by atoms with Crippen LogP contribution in [0.2, 0.25) is 0 Å². The Morgan fingerprint density at radius 2 is 1.57 bits per heavy atom. The Hall–Kier alpha value is -2.85. The Kier molecular flexibility index (Phi) is 6.47. The topological polar surface area (TPSA) is 26.8 Å². The molecule has 2 heterocycles. The third-order valence-corrected chi connectivity index (χ3v) is 8.42. The molecule has 0 radical (unpaired) electrons. The van der Waals surface area contributed by atoms with Crippen LogP contribution in [0.1, 0.15) is 54.4 Å². The average molecular weight is 468 g/mol. The van der Waals surface area contributed by atoms with Crippen molar-refractivity contribution in [2.24, 2.45) is 5.92 Å². The lowest BCUT2D eigenvalue weighted by Gasteiger charge is -2.28. The van der Waals surface area contributed by atoms with E-state index in [1.807, 2.05) is 6.07 Å². The Balaban J connectivity index is 1.20. The highest BCUT2D eigenvalue weighted by Crippen LogP contribution is 2.42. The van der Waals surface area contributed by atoms with E-state index in [4.69, 9.17) is 0 Å². The van der Waals surface area contributed by atoms with Crippen molar-refractivity contribution in [3.8, 4) is 0 Å². The van der Waals surface area contributed by atoms with Crippen LogP contribution in [0.25, 0.3) is 10.8 Å². The molecule has 1 saturated heterocycles. The molecule has 0 aromatic heterocycles. The summed E-state index contributed by atoms with van der Waals surface area (Å²) in [6.07, 6.45) is 8.77. The number of rotatable bonds is 6. The minimum atomic E-state index is 0.205. The molecule has 0 N–H and O–H groups in total. The van der Waals surface area contributed by atoms with Crippen molar-refractivity contribution in [3.05, 3.63) is 71.8 Å². The van der Waals surface area contributed by atoms with Gasteiger partial charge in [0, 0.05) is 54.7 Å². The molecule has 182 valence electrons. The van der Waals surface area contributed by atoms with E-state index in [2.05, 4.69) is 69.3 Å². The summed E-state index contributed by atoms with van der Waals surface area (Å²) < 4.78 is 0. The van der Waals surface area contributed by atoms with E-state index in [9.17, 15) is 4.79 Å². The second-order valence-corrected chi connectivity index (χ2v) is 10.7. The maximum atomic E-state index is 13.4. The number of hydrogen-bond acceptors (Lipinski definition) is 3. The summed E-state index contributed by atoms with van der Waals surface area (Å²) in [6, 6.07) is 21.7. The van der Waals surface area contributed by atoms with Crippen LogP contribution in [0.4, 0.5) is 11.4 Å². The summed E-state index contributed by atoms with van der Waals surface area (Å²) in [5, 5.41) is 2.42. The highest BCUT2D eigenvalue weighted by atomic mass is 16.2. The van der Waals surface area contributed by atoms with Gasteiger partial charge in [0.2, 0.25) is 0 Å². The Bertz CT molecular complexity index is 1180. The molecule has 0 unspecified atom stereocenters. The average Bonchev–Trinajstić information content (AvgIpc) is 3.04. The van der Waals surface area contributed by atoms with Crippen LogP contribution in [0, 0.1) is 5.92 Å². The van der Waals surface area contributed by atoms with E-state index >= 15 is 0 Å². The first-order valence-corrected chi connectivity index (χ1v) is 13.7. The maximum absolute atomic E-state index is 13.4. The fraction of sp³-hybridized carbons (Fsp3) is 0.452. The first-order valence-electron chi connectivity index (χ1n) is 13.7. The standard InChI is InChI=1S/C31H37N3O/c35-31-27-14-7-13-26-28(15-16-29(30(26)27)34(31)23-25-11-5-2-6-12-25)33-19-8-18-32(21-22-33)20-17-24-9-3-1-4-10-24/h1,3-4,7,9-10,13-16,25H,2,5-6,8,11-12,17-23H2. The van der Waals surface area contributed by atoms with Crippen LogP contribution in [0.3, 0.4) is 0 Å². The van der Waals surface area contributed by atoms with Gasteiger partial charge in [-0.05, 0) is 61.9 Å². The molecule has 1 amide bonds. The second kappa shape index (κ2) is 10.0. The van der Waals surface area contributed by atoms with Crippen LogP contribution in [0.15, 0.2) is 60.7 Å². The minimum absolute atomic E-state index is 0.205. The lowest BCUT2D eigenvalue weighted by atomic mass is 9.89. The number of benzene rings is 3. The molecule has 6 rings (SSSR count). The second-order valence-electron chi connectivity index (χ2n) is 10.7. The van der Waals surface area contributed by atoms with Gasteiger partial charge in [0.1, 0.15) is 0 Å². The summed E-state index contributed by atoms with van der Waals surface area (Å²) in [6.45, 7) is 6.34. The van der Waals surface area contributed by atoms with Gasteiger partial charge in [-0.1, -0.05) is 61.7 Å². The molecule has 0 atom stereocenters. The smallest absolute Gasteiger partial charge is 0.259 e. The molecule has 3 aromatic carbocycles. The molecule has 0 spiro atoms. The number of carbonyl (C=O) groups excluding carboxylic acids is 1. The van der Waals surface area contributed by atoms with Gasteiger partial charge < -0.3 is 14.7 Å². The summed E-state index contributed by atoms with van der Waals surface area (Å²) in [4.78, 5) is 20.7. The molecule has 0 bridgehead atoms. The molecule has 4 nitrogen and oxygen atoms in total. The predicted molar refractivity (Wildman–Crippen MR) is 146 cm³/mol. The van der Waals surface area contributed by atoms with E-state index < -0.39 is 0 Å². The van der Waals surface area contributed by atoms with Crippen molar-refractivity contribution in [1.82, 2.24) is 4.90 Å². The van der Waals surface area contributed by atoms with Crippen molar-refractivity contribution in [2.45, 2.75) is 44.9 Å². The van der Waals surface area contributed by atoms with Crippen LogP contribution in [-0.4, -0.2) is 50.1 Å². The minimum Gasteiger partial charge on any atom is -0.370 e. The van der Waals surface area contributed by atoms with Crippen LogP contribution >= 0.6 is 0 Å². The molecule has 3 aliphatic rings. The molecule has 2 fully saturated rings. The number of carbonyl (C=O) groups is 1. The molecule has 2 aliphatic heterocycles. The molecule has 35 heavy (non-hydrogen) atoms. The lowest BCUT2D eigenvalue weighted by molar-refractivity contribution is 0.0987. The Morgan fingerprint density at radius 1 is 0.743 bits per heavy atom. The fourth-order valence-corrected chi connectivity index (χ4v) is 6.48. The van der Waals surface area contributed by atoms with Gasteiger partial charge in [0.05, 0.1) is 5.69 Å². The highest BCUT2D eigenvalue weighted by Gasteiger charge is 2.33. The quantitative estimate of drug-likeness (QED) is 0.436. The summed E-state index contributed by atoms with van der Waals surface area (Å²) >= 11 is 0. The monoisotopic (exact) mass is 467 g/mol. The third-order valence-electron chi connectivity index (χ3n) is 8.42. The molecule has 1 aliphatic carbocycles. The van der Waals surface area contributed by atoms with Gasteiger partial charge in [-0.2, -0.15) is 0 Å². The van der Waals surface area contributed by atoms with Crippen molar-refractivity contribution < 1.29 is 4.79 Å². The molecule has 4 heteroatoms. The summed E-state index contributed by atoms with van der Waals surface area (Å²) in [5.41, 5.74) is 4.75. The molecular formula is C31H37N3O. The van der Waals surface area contributed by atoms with E-state index in [1.165, 1.54) is 60.5 Å². The number of anilines is 2. The molecule has 1 saturated carbocycles. The van der Waals surface area contributed by atoms with Gasteiger partial charge in [-0.3, -0.25) is 4.79 Å². The van der Waals surface area contributed by atoms with Crippen molar-refractivity contribution in [2.75, 3.05) is 49.1 Å². The summed E-state index contributed by atoms with van der Waals surface area (Å²) in [7, 11) is 0. The zero-order chi connectivity index (χ0) is 23.6. The highest BCUT2D eigenvalue weighted by molar-refractivity contribution is 6.26. The Morgan fingerprint density at radius 3 is 2.43 bits per heavy atom. The van der Waals surface area contributed by atoms with Crippen LogP contribution in [-0.2, 0) is 6.42 Å². The van der Waals surface area contributed by atoms with E-state index in [0.717, 1.165) is 56.9 Å². The van der Waals surface area contributed by atoms with Crippen LogP contribution < -0.4 is 9.80 Å². The third kappa shape index (κ3) is 4.56. The van der Waals surface area contributed by atoms with Gasteiger partial charge in [-0.15, -0.1) is 0 Å².